The van der Waals surface area contributed by atoms with E-state index in [9.17, 15) is 0 Å². The standard InChI is InChI=1S/C27H42O4/c1-7-10-11-12-22-16-25(30-18-28-8-2)27(26(17-22)31-19-29-9-3)24-15-21(6)13-14-23(24)20(4)5/h15-17,23-24H,4,7-14,18-19H2,1-3,5-6H3. The van der Waals surface area contributed by atoms with Crippen LogP contribution in [-0.2, 0) is 15.9 Å². The zero-order valence-electron chi connectivity index (χ0n) is 20.3. The van der Waals surface area contributed by atoms with E-state index in [4.69, 9.17) is 18.9 Å². The molecule has 4 nitrogen and oxygen atoms in total. The molecule has 1 aromatic carbocycles. The average molecular weight is 431 g/mol. The van der Waals surface area contributed by atoms with Gasteiger partial charge < -0.3 is 18.9 Å². The van der Waals surface area contributed by atoms with Crippen molar-refractivity contribution in [2.75, 3.05) is 26.8 Å². The molecule has 0 bridgehead atoms. The molecule has 1 aromatic rings. The summed E-state index contributed by atoms with van der Waals surface area (Å²) >= 11 is 0. The van der Waals surface area contributed by atoms with E-state index in [0.29, 0.717) is 19.1 Å². The molecule has 2 unspecified atom stereocenters. The summed E-state index contributed by atoms with van der Waals surface area (Å²) in [4.78, 5) is 0. The van der Waals surface area contributed by atoms with Crippen LogP contribution in [0.1, 0.15) is 83.8 Å². The molecule has 0 heterocycles. The summed E-state index contributed by atoms with van der Waals surface area (Å²) in [5.74, 6) is 2.25. The normalized spacial score (nSPS) is 18.5. The van der Waals surface area contributed by atoms with E-state index in [-0.39, 0.29) is 19.5 Å². The Balaban J connectivity index is 2.52. The van der Waals surface area contributed by atoms with Crippen molar-refractivity contribution in [1.29, 1.82) is 0 Å². The molecule has 174 valence electrons. The molecule has 0 spiro atoms. The first-order valence-corrected chi connectivity index (χ1v) is 11.9. The number of hydrogen-bond acceptors (Lipinski definition) is 4. The molecule has 0 radical (unpaired) electrons. The maximum atomic E-state index is 6.19. The molecule has 0 saturated heterocycles. The Morgan fingerprint density at radius 3 is 2.13 bits per heavy atom. The van der Waals surface area contributed by atoms with Crippen molar-refractivity contribution >= 4 is 0 Å². The predicted octanol–water partition coefficient (Wildman–Crippen LogP) is 7.18. The van der Waals surface area contributed by atoms with Gasteiger partial charge >= 0.3 is 0 Å². The van der Waals surface area contributed by atoms with Crippen molar-refractivity contribution in [3.63, 3.8) is 0 Å². The van der Waals surface area contributed by atoms with Gasteiger partial charge in [0.25, 0.3) is 0 Å². The smallest absolute Gasteiger partial charge is 0.189 e. The van der Waals surface area contributed by atoms with Crippen LogP contribution in [-0.4, -0.2) is 26.8 Å². The molecule has 0 saturated carbocycles. The zero-order chi connectivity index (χ0) is 22.6. The van der Waals surface area contributed by atoms with E-state index < -0.39 is 0 Å². The lowest BCUT2D eigenvalue weighted by Crippen LogP contribution is -2.20. The Morgan fingerprint density at radius 2 is 1.61 bits per heavy atom. The van der Waals surface area contributed by atoms with Crippen LogP contribution in [0, 0.1) is 5.92 Å². The summed E-state index contributed by atoms with van der Waals surface area (Å²) < 4.78 is 23.4. The molecule has 1 aliphatic rings. The van der Waals surface area contributed by atoms with Crippen molar-refractivity contribution in [3.8, 4) is 11.5 Å². The molecule has 1 aliphatic carbocycles. The van der Waals surface area contributed by atoms with Gasteiger partial charge in [-0.1, -0.05) is 43.6 Å². The minimum absolute atomic E-state index is 0.171. The molecule has 2 atom stereocenters. The van der Waals surface area contributed by atoms with Gasteiger partial charge in [-0.2, -0.15) is 0 Å². The fourth-order valence-electron chi connectivity index (χ4n) is 4.23. The van der Waals surface area contributed by atoms with E-state index in [0.717, 1.165) is 42.7 Å². The highest BCUT2D eigenvalue weighted by Gasteiger charge is 2.31. The molecule has 31 heavy (non-hydrogen) atoms. The Bertz CT molecular complexity index is 691. The van der Waals surface area contributed by atoms with Crippen LogP contribution in [0.25, 0.3) is 0 Å². The predicted molar refractivity (Wildman–Crippen MR) is 128 cm³/mol. The Kier molecular flexibility index (Phi) is 11.2. The lowest BCUT2D eigenvalue weighted by Gasteiger charge is -2.33. The molecular formula is C27H42O4. The monoisotopic (exact) mass is 430 g/mol. The summed E-state index contributed by atoms with van der Waals surface area (Å²) in [6.07, 6.45) is 9.15. The summed E-state index contributed by atoms with van der Waals surface area (Å²) in [6, 6.07) is 4.37. The minimum atomic E-state index is 0.171. The molecule has 0 aromatic heterocycles. The summed E-state index contributed by atoms with van der Waals surface area (Å²) in [7, 11) is 0. The largest absolute Gasteiger partial charge is 0.467 e. The van der Waals surface area contributed by atoms with Crippen molar-refractivity contribution in [3.05, 3.63) is 47.1 Å². The van der Waals surface area contributed by atoms with Crippen LogP contribution in [0.15, 0.2) is 35.9 Å². The lowest BCUT2D eigenvalue weighted by molar-refractivity contribution is 0.0165. The van der Waals surface area contributed by atoms with E-state index in [1.54, 1.807) is 0 Å². The van der Waals surface area contributed by atoms with E-state index in [1.165, 1.54) is 29.6 Å². The van der Waals surface area contributed by atoms with Crippen LogP contribution in [0.3, 0.4) is 0 Å². The quantitative estimate of drug-likeness (QED) is 0.178. The average Bonchev–Trinajstić information content (AvgIpc) is 2.74. The maximum Gasteiger partial charge on any atom is 0.189 e. The van der Waals surface area contributed by atoms with Crippen LogP contribution in [0.5, 0.6) is 11.5 Å². The van der Waals surface area contributed by atoms with Crippen molar-refractivity contribution in [2.24, 2.45) is 5.92 Å². The second kappa shape index (κ2) is 13.6. The highest BCUT2D eigenvalue weighted by molar-refractivity contribution is 5.53. The second-order valence-electron chi connectivity index (χ2n) is 8.50. The van der Waals surface area contributed by atoms with Crippen LogP contribution in [0.2, 0.25) is 0 Å². The van der Waals surface area contributed by atoms with Crippen LogP contribution in [0.4, 0.5) is 0 Å². The third-order valence-corrected chi connectivity index (χ3v) is 5.95. The number of ether oxygens (including phenoxy) is 4. The molecule has 0 aliphatic heterocycles. The maximum absolute atomic E-state index is 6.19. The molecule has 0 amide bonds. The summed E-state index contributed by atoms with van der Waals surface area (Å²) in [5.41, 5.74) is 4.93. The number of hydrogen-bond donors (Lipinski definition) is 0. The van der Waals surface area contributed by atoms with Gasteiger partial charge in [-0.3, -0.25) is 0 Å². The first-order chi connectivity index (χ1) is 15.0. The van der Waals surface area contributed by atoms with Gasteiger partial charge in [-0.05, 0) is 77.0 Å². The molecular weight excluding hydrogens is 388 g/mol. The minimum Gasteiger partial charge on any atom is -0.467 e. The van der Waals surface area contributed by atoms with Gasteiger partial charge in [-0.25, -0.2) is 0 Å². The Labute approximate surface area is 189 Å². The van der Waals surface area contributed by atoms with Gasteiger partial charge in [0.05, 0.1) is 0 Å². The summed E-state index contributed by atoms with van der Waals surface area (Å²) in [5, 5.41) is 0. The third kappa shape index (κ3) is 7.69. The van der Waals surface area contributed by atoms with Crippen molar-refractivity contribution < 1.29 is 18.9 Å². The first-order valence-electron chi connectivity index (χ1n) is 11.9. The van der Waals surface area contributed by atoms with E-state index in [2.05, 4.69) is 45.6 Å². The summed E-state index contributed by atoms with van der Waals surface area (Å²) in [6.45, 7) is 16.5. The Hall–Kier alpha value is -1.78. The van der Waals surface area contributed by atoms with Gasteiger partial charge in [-0.15, -0.1) is 0 Å². The first kappa shape index (κ1) is 25.5. The second-order valence-corrected chi connectivity index (χ2v) is 8.50. The topological polar surface area (TPSA) is 36.9 Å². The molecule has 2 rings (SSSR count). The zero-order valence-corrected chi connectivity index (χ0v) is 20.3. The van der Waals surface area contributed by atoms with Crippen molar-refractivity contribution in [1.82, 2.24) is 0 Å². The van der Waals surface area contributed by atoms with Crippen LogP contribution >= 0.6 is 0 Å². The molecule has 0 N–H and O–H groups in total. The van der Waals surface area contributed by atoms with Gasteiger partial charge in [0.1, 0.15) is 11.5 Å². The van der Waals surface area contributed by atoms with Crippen LogP contribution < -0.4 is 9.47 Å². The van der Waals surface area contributed by atoms with E-state index >= 15 is 0 Å². The number of allylic oxidation sites excluding steroid dienone is 3. The molecule has 4 heteroatoms. The van der Waals surface area contributed by atoms with Crippen molar-refractivity contribution in [2.45, 2.75) is 79.1 Å². The number of benzene rings is 1. The van der Waals surface area contributed by atoms with Gasteiger partial charge in [0.15, 0.2) is 13.6 Å². The van der Waals surface area contributed by atoms with Gasteiger partial charge in [0, 0.05) is 24.7 Å². The van der Waals surface area contributed by atoms with Gasteiger partial charge in [0.2, 0.25) is 0 Å². The van der Waals surface area contributed by atoms with E-state index in [1.807, 2.05) is 13.8 Å². The lowest BCUT2D eigenvalue weighted by atomic mass is 9.73. The highest BCUT2D eigenvalue weighted by atomic mass is 16.7. The number of unbranched alkanes of at least 4 members (excludes halogenated alkanes) is 2. The molecule has 0 fully saturated rings. The highest BCUT2D eigenvalue weighted by Crippen LogP contribution is 2.47. The Morgan fingerprint density at radius 1 is 1.00 bits per heavy atom. The third-order valence-electron chi connectivity index (χ3n) is 5.95. The fraction of sp³-hybridized carbons (Fsp3) is 0.630. The number of rotatable bonds is 14. The number of aryl methyl sites for hydroxylation is 1. The fourth-order valence-corrected chi connectivity index (χ4v) is 4.23. The SMILES string of the molecule is C=C(C)C1CCC(C)=CC1c1c(OCOCC)cc(CCCCC)cc1OCOCC.